The molecule has 1 heterocycles. The Morgan fingerprint density at radius 3 is 2.21 bits per heavy atom. The Bertz CT molecular complexity index is 849. The highest BCUT2D eigenvalue weighted by Gasteiger charge is 2.35. The first-order valence-corrected chi connectivity index (χ1v) is 10.7. The molecule has 1 unspecified atom stereocenters. The fraction of sp³-hybridized carbons (Fsp3) is 0.280. The van der Waals surface area contributed by atoms with Gasteiger partial charge in [-0.15, -0.1) is 0 Å². The number of piperidine rings is 1. The maximum atomic E-state index is 6.03. The van der Waals surface area contributed by atoms with Gasteiger partial charge in [-0.3, -0.25) is 0 Å². The smallest absolute Gasteiger partial charge is 0.104 e. The number of halogens is 1. The molecule has 3 aromatic rings. The molecule has 3 atom stereocenters. The Kier molecular flexibility index (Phi) is 6.43. The third-order valence-corrected chi connectivity index (χ3v) is 6.20. The molecule has 1 aliphatic rings. The van der Waals surface area contributed by atoms with Crippen molar-refractivity contribution in [1.82, 2.24) is 0 Å². The van der Waals surface area contributed by atoms with Gasteiger partial charge >= 0.3 is 0 Å². The van der Waals surface area contributed by atoms with Gasteiger partial charge in [-0.05, 0) is 17.7 Å². The summed E-state index contributed by atoms with van der Waals surface area (Å²) in [6.07, 6.45) is 1.25. The van der Waals surface area contributed by atoms with E-state index in [1.165, 1.54) is 36.2 Å². The summed E-state index contributed by atoms with van der Waals surface area (Å²) >= 11 is 6.03. The summed E-state index contributed by atoms with van der Waals surface area (Å²) in [5, 5.41) is 3.35. The first-order chi connectivity index (χ1) is 13.8. The van der Waals surface area contributed by atoms with E-state index in [9.17, 15) is 0 Å². The van der Waals surface area contributed by atoms with Gasteiger partial charge in [0.25, 0.3) is 0 Å². The van der Waals surface area contributed by atoms with Crippen LogP contribution in [0.3, 0.4) is 0 Å². The van der Waals surface area contributed by atoms with E-state index in [0.717, 1.165) is 18.1 Å². The van der Waals surface area contributed by atoms with Crippen molar-refractivity contribution in [3.63, 3.8) is 0 Å². The van der Waals surface area contributed by atoms with Gasteiger partial charge in [-0.25, -0.2) is 0 Å². The van der Waals surface area contributed by atoms with E-state index in [4.69, 9.17) is 11.6 Å². The molecule has 0 amide bonds. The van der Waals surface area contributed by atoms with Crippen LogP contribution >= 0.6 is 11.6 Å². The topological polar surface area (TPSA) is 21.1 Å². The molecule has 3 N–H and O–H groups in total. The van der Waals surface area contributed by atoms with Crippen molar-refractivity contribution in [3.05, 3.63) is 107 Å². The van der Waals surface area contributed by atoms with E-state index in [2.05, 4.69) is 78.1 Å². The number of hydrogen-bond donors (Lipinski definition) is 2. The lowest BCUT2D eigenvalue weighted by Crippen LogP contribution is -3.14. The van der Waals surface area contributed by atoms with Crippen molar-refractivity contribution in [1.29, 1.82) is 0 Å². The highest BCUT2D eigenvalue weighted by atomic mass is 35.5. The highest BCUT2D eigenvalue weighted by Crippen LogP contribution is 2.20. The molecule has 0 saturated carbocycles. The lowest BCUT2D eigenvalue weighted by atomic mass is 9.85. The van der Waals surface area contributed by atoms with E-state index in [1.807, 2.05) is 12.1 Å². The molecule has 4 rings (SSSR count). The maximum Gasteiger partial charge on any atom is 0.104 e. The number of nitrogens with one attached hydrogen (secondary N) is 1. The Balaban J connectivity index is 1.45. The Hall–Kier alpha value is -2.13. The molecule has 3 aromatic carbocycles. The predicted molar refractivity (Wildman–Crippen MR) is 116 cm³/mol. The first kappa shape index (κ1) is 19.2. The number of quaternary nitrogens is 2. The molecule has 3 heteroatoms. The van der Waals surface area contributed by atoms with Gasteiger partial charge < -0.3 is 10.2 Å². The van der Waals surface area contributed by atoms with Crippen molar-refractivity contribution < 1.29 is 10.2 Å². The van der Waals surface area contributed by atoms with Crippen LogP contribution in [-0.4, -0.2) is 19.1 Å². The molecule has 0 radical (unpaired) electrons. The molecule has 28 heavy (non-hydrogen) atoms. The van der Waals surface area contributed by atoms with Crippen molar-refractivity contribution in [2.75, 3.05) is 13.1 Å². The molecular formula is C25H29ClN2+2. The van der Waals surface area contributed by atoms with E-state index in [0.29, 0.717) is 12.0 Å². The van der Waals surface area contributed by atoms with E-state index < -0.39 is 0 Å². The maximum absolute atomic E-state index is 6.03. The zero-order valence-corrected chi connectivity index (χ0v) is 17.0. The molecule has 0 aromatic heterocycles. The van der Waals surface area contributed by atoms with E-state index in [1.54, 1.807) is 4.90 Å². The summed E-state index contributed by atoms with van der Waals surface area (Å²) in [5.74, 6) is 0.584. The fourth-order valence-electron chi connectivity index (χ4n) is 4.44. The molecule has 0 spiro atoms. The van der Waals surface area contributed by atoms with Gasteiger partial charge in [0.1, 0.15) is 19.1 Å². The lowest BCUT2D eigenvalue weighted by Gasteiger charge is -2.35. The van der Waals surface area contributed by atoms with Gasteiger partial charge in [0.15, 0.2) is 0 Å². The number of benzene rings is 3. The summed E-state index contributed by atoms with van der Waals surface area (Å²) < 4.78 is 0. The van der Waals surface area contributed by atoms with E-state index >= 15 is 0 Å². The van der Waals surface area contributed by atoms with Gasteiger partial charge in [0.05, 0.1) is 19.0 Å². The minimum absolute atomic E-state index is 0.584. The number of likely N-dealkylation sites (tertiary alicyclic amines) is 1. The average molecular weight is 393 g/mol. The van der Waals surface area contributed by atoms with Crippen molar-refractivity contribution in [2.45, 2.75) is 31.5 Å². The van der Waals surface area contributed by atoms with E-state index in [-0.39, 0.29) is 0 Å². The van der Waals surface area contributed by atoms with Crippen LogP contribution in [0.1, 0.15) is 29.0 Å². The lowest BCUT2D eigenvalue weighted by molar-refractivity contribution is -0.928. The largest absolute Gasteiger partial charge is 0.339 e. The highest BCUT2D eigenvalue weighted by molar-refractivity contribution is 6.30. The van der Waals surface area contributed by atoms with Gasteiger partial charge in [0.2, 0.25) is 0 Å². The second kappa shape index (κ2) is 9.38. The number of hydrogen-bond acceptors (Lipinski definition) is 0. The van der Waals surface area contributed by atoms with Crippen LogP contribution in [0, 0.1) is 0 Å². The summed E-state index contributed by atoms with van der Waals surface area (Å²) in [6.45, 7) is 4.56. The third kappa shape index (κ3) is 5.02. The average Bonchev–Trinajstić information content (AvgIpc) is 2.75. The summed E-state index contributed by atoms with van der Waals surface area (Å²) in [4.78, 5) is 1.69. The van der Waals surface area contributed by atoms with Crippen LogP contribution in [0.5, 0.6) is 0 Å². The van der Waals surface area contributed by atoms with Crippen LogP contribution in [0.2, 0.25) is 5.02 Å². The summed E-state index contributed by atoms with van der Waals surface area (Å²) in [6, 6.07) is 30.9. The minimum atomic E-state index is 0.584. The second-order valence-corrected chi connectivity index (χ2v) is 8.34. The SMILES string of the molecule is Clc1ccc(C[NH2+][C@@H]2CC[NH+](Cc3ccccc3)C[C@H]2c2ccccc2)cc1. The quantitative estimate of drug-likeness (QED) is 0.643. The zero-order valence-electron chi connectivity index (χ0n) is 16.2. The van der Waals surface area contributed by atoms with Crippen molar-refractivity contribution in [3.8, 4) is 0 Å². The van der Waals surface area contributed by atoms with Crippen LogP contribution in [0.25, 0.3) is 0 Å². The number of rotatable bonds is 6. The normalized spacial score (nSPS) is 22.1. The van der Waals surface area contributed by atoms with Gasteiger partial charge in [-0.1, -0.05) is 84.4 Å². The predicted octanol–water partition coefficient (Wildman–Crippen LogP) is 3.04. The van der Waals surface area contributed by atoms with Crippen LogP contribution in [0.4, 0.5) is 0 Å². The molecule has 1 saturated heterocycles. The van der Waals surface area contributed by atoms with Crippen molar-refractivity contribution >= 4 is 11.6 Å². The molecular weight excluding hydrogens is 364 g/mol. The van der Waals surface area contributed by atoms with Crippen LogP contribution < -0.4 is 10.2 Å². The Labute approximate surface area is 173 Å². The monoisotopic (exact) mass is 392 g/mol. The van der Waals surface area contributed by atoms with Gasteiger partial charge in [0, 0.05) is 22.6 Å². The van der Waals surface area contributed by atoms with Crippen molar-refractivity contribution in [2.24, 2.45) is 0 Å². The second-order valence-electron chi connectivity index (χ2n) is 7.90. The molecule has 2 nitrogen and oxygen atoms in total. The Morgan fingerprint density at radius 2 is 1.50 bits per heavy atom. The molecule has 0 aliphatic carbocycles. The van der Waals surface area contributed by atoms with Gasteiger partial charge in [-0.2, -0.15) is 0 Å². The minimum Gasteiger partial charge on any atom is -0.339 e. The standard InChI is InChI=1S/C25H27ClN2/c26-23-13-11-20(12-14-23)17-27-25-15-16-28(18-21-7-3-1-4-8-21)19-24(25)22-9-5-2-6-10-22/h1-14,24-25,27H,15-19H2/p+2/t24-,25+/m0/s1. The molecule has 1 aliphatic heterocycles. The zero-order chi connectivity index (χ0) is 19.2. The van der Waals surface area contributed by atoms with Crippen LogP contribution in [0.15, 0.2) is 84.9 Å². The molecule has 0 bridgehead atoms. The third-order valence-electron chi connectivity index (χ3n) is 5.95. The Morgan fingerprint density at radius 1 is 0.821 bits per heavy atom. The molecule has 144 valence electrons. The summed E-state index contributed by atoms with van der Waals surface area (Å²) in [7, 11) is 0. The first-order valence-electron chi connectivity index (χ1n) is 10.3. The molecule has 1 fully saturated rings. The fourth-order valence-corrected chi connectivity index (χ4v) is 4.56. The summed E-state index contributed by atoms with van der Waals surface area (Å²) in [5.41, 5.74) is 4.26. The van der Waals surface area contributed by atoms with Crippen LogP contribution in [-0.2, 0) is 13.1 Å². The number of nitrogens with two attached hydrogens (primary N) is 1.